The lowest BCUT2D eigenvalue weighted by Crippen LogP contribution is -2.08. The Bertz CT molecular complexity index is 945. The maximum atomic E-state index is 6.23. The number of ether oxygens (including phenoxy) is 2. The Kier molecular flexibility index (Phi) is 4.18. The van der Waals surface area contributed by atoms with Crippen LogP contribution in [0.2, 0.25) is 0 Å². The predicted molar refractivity (Wildman–Crippen MR) is 101 cm³/mol. The predicted octanol–water partition coefficient (Wildman–Crippen LogP) is 3.45. The lowest BCUT2D eigenvalue weighted by molar-refractivity contribution is 0.174. The number of benzene rings is 2. The number of aryl methyl sites for hydroxylation is 1. The van der Waals surface area contributed by atoms with Crippen LogP contribution in [0.25, 0.3) is 0 Å². The number of fused-ring (bicyclic) bond motifs is 1. The van der Waals surface area contributed by atoms with Gasteiger partial charge in [0.1, 0.15) is 12.0 Å². The summed E-state index contributed by atoms with van der Waals surface area (Å²) in [6.07, 6.45) is 1.48. The fourth-order valence-corrected chi connectivity index (χ4v) is 2.73. The molecular weight excluding hydrogens is 330 g/mol. The quantitative estimate of drug-likeness (QED) is 0.649. The highest BCUT2D eigenvalue weighted by molar-refractivity contribution is 5.77. The third-order valence-corrected chi connectivity index (χ3v) is 4.06. The van der Waals surface area contributed by atoms with Gasteiger partial charge in [0.05, 0.1) is 0 Å². The Balaban J connectivity index is 1.49. The van der Waals surface area contributed by atoms with E-state index in [1.165, 1.54) is 6.33 Å². The van der Waals surface area contributed by atoms with E-state index in [0.29, 0.717) is 23.9 Å². The molecule has 1 aromatic heterocycles. The molecule has 0 spiro atoms. The topological polar surface area (TPSA) is 94.3 Å². The maximum Gasteiger partial charge on any atom is 0.231 e. The normalized spacial score (nSPS) is 12.0. The van der Waals surface area contributed by atoms with Gasteiger partial charge >= 0.3 is 0 Å². The molecule has 0 aliphatic carbocycles. The summed E-state index contributed by atoms with van der Waals surface area (Å²) < 4.78 is 10.7. The van der Waals surface area contributed by atoms with Crippen molar-refractivity contribution in [1.82, 2.24) is 9.97 Å². The molecule has 1 aliphatic heterocycles. The molecule has 26 heavy (non-hydrogen) atoms. The van der Waals surface area contributed by atoms with Gasteiger partial charge in [-0.15, -0.1) is 0 Å². The molecule has 0 amide bonds. The molecule has 0 radical (unpaired) electrons. The molecule has 4 rings (SSSR count). The van der Waals surface area contributed by atoms with Crippen LogP contribution in [0.5, 0.6) is 11.5 Å². The molecule has 0 atom stereocenters. The SMILES string of the molecule is Cc1cccc(Nc2ncnc(NCc3ccc4c(c3)OCO4)c2N)c1. The number of nitrogen functional groups attached to an aromatic ring is 1. The third kappa shape index (κ3) is 3.32. The van der Waals surface area contributed by atoms with E-state index in [2.05, 4.69) is 20.6 Å². The van der Waals surface area contributed by atoms with E-state index in [1.54, 1.807) is 0 Å². The lowest BCUT2D eigenvalue weighted by atomic mass is 10.2. The second kappa shape index (κ2) is 6.79. The van der Waals surface area contributed by atoms with Crippen LogP contribution in [0, 0.1) is 6.92 Å². The molecule has 7 heteroatoms. The van der Waals surface area contributed by atoms with E-state index >= 15 is 0 Å². The van der Waals surface area contributed by atoms with Crippen molar-refractivity contribution in [3.8, 4) is 11.5 Å². The van der Waals surface area contributed by atoms with Crippen LogP contribution in [-0.2, 0) is 6.54 Å². The van der Waals surface area contributed by atoms with Crippen molar-refractivity contribution >= 4 is 23.0 Å². The summed E-state index contributed by atoms with van der Waals surface area (Å²) in [6.45, 7) is 2.85. The minimum atomic E-state index is 0.263. The zero-order chi connectivity index (χ0) is 17.9. The minimum Gasteiger partial charge on any atom is -0.454 e. The van der Waals surface area contributed by atoms with Gasteiger partial charge in [-0.3, -0.25) is 0 Å². The van der Waals surface area contributed by atoms with Gasteiger partial charge in [-0.2, -0.15) is 0 Å². The van der Waals surface area contributed by atoms with E-state index in [-0.39, 0.29) is 6.79 Å². The van der Waals surface area contributed by atoms with Crippen molar-refractivity contribution in [3.05, 3.63) is 59.9 Å². The summed E-state index contributed by atoms with van der Waals surface area (Å²) in [5.41, 5.74) is 9.82. The van der Waals surface area contributed by atoms with E-state index in [1.807, 2.05) is 49.4 Å². The van der Waals surface area contributed by atoms with Crippen LogP contribution in [0.4, 0.5) is 23.0 Å². The highest BCUT2D eigenvalue weighted by Crippen LogP contribution is 2.33. The Morgan fingerprint density at radius 1 is 1.04 bits per heavy atom. The summed E-state index contributed by atoms with van der Waals surface area (Å²) in [7, 11) is 0. The Morgan fingerprint density at radius 2 is 1.88 bits per heavy atom. The molecule has 0 saturated heterocycles. The van der Waals surface area contributed by atoms with Crippen LogP contribution < -0.4 is 25.8 Å². The highest BCUT2D eigenvalue weighted by atomic mass is 16.7. The molecule has 4 N–H and O–H groups in total. The van der Waals surface area contributed by atoms with E-state index < -0.39 is 0 Å². The van der Waals surface area contributed by atoms with Crippen LogP contribution >= 0.6 is 0 Å². The molecule has 132 valence electrons. The van der Waals surface area contributed by atoms with Gasteiger partial charge in [-0.1, -0.05) is 18.2 Å². The van der Waals surface area contributed by atoms with Crippen molar-refractivity contribution in [3.63, 3.8) is 0 Å². The van der Waals surface area contributed by atoms with Crippen molar-refractivity contribution in [2.75, 3.05) is 23.2 Å². The number of anilines is 4. The first kappa shape index (κ1) is 16.0. The largest absolute Gasteiger partial charge is 0.454 e. The van der Waals surface area contributed by atoms with Gasteiger partial charge in [0, 0.05) is 12.2 Å². The number of hydrogen-bond acceptors (Lipinski definition) is 7. The average molecular weight is 349 g/mol. The smallest absolute Gasteiger partial charge is 0.231 e. The number of nitrogens with two attached hydrogens (primary N) is 1. The number of hydrogen-bond donors (Lipinski definition) is 3. The first-order valence-corrected chi connectivity index (χ1v) is 8.25. The molecule has 2 heterocycles. The van der Waals surface area contributed by atoms with Gasteiger partial charge < -0.3 is 25.8 Å². The lowest BCUT2D eigenvalue weighted by Gasteiger charge is -2.13. The number of nitrogens with one attached hydrogen (secondary N) is 2. The monoisotopic (exact) mass is 349 g/mol. The molecule has 0 saturated carbocycles. The van der Waals surface area contributed by atoms with Crippen LogP contribution in [0.15, 0.2) is 48.8 Å². The van der Waals surface area contributed by atoms with E-state index in [9.17, 15) is 0 Å². The van der Waals surface area contributed by atoms with Gasteiger partial charge in [-0.25, -0.2) is 9.97 Å². The summed E-state index contributed by atoms with van der Waals surface area (Å²) in [5.74, 6) is 2.66. The molecular formula is C19H19N5O2. The van der Waals surface area contributed by atoms with Crippen molar-refractivity contribution < 1.29 is 9.47 Å². The van der Waals surface area contributed by atoms with Crippen LogP contribution in [0.3, 0.4) is 0 Å². The number of nitrogens with zero attached hydrogens (tertiary/aromatic N) is 2. The summed E-state index contributed by atoms with van der Waals surface area (Å²) >= 11 is 0. The molecule has 0 unspecified atom stereocenters. The minimum absolute atomic E-state index is 0.263. The zero-order valence-electron chi connectivity index (χ0n) is 14.3. The molecule has 7 nitrogen and oxygen atoms in total. The van der Waals surface area contributed by atoms with E-state index in [4.69, 9.17) is 15.2 Å². The molecule has 2 aromatic carbocycles. The average Bonchev–Trinajstić information content (AvgIpc) is 3.10. The molecule has 0 bridgehead atoms. The summed E-state index contributed by atoms with van der Waals surface area (Å²) in [5, 5.41) is 6.48. The Labute approximate surface area is 151 Å². The second-order valence-electron chi connectivity index (χ2n) is 6.02. The molecule has 3 aromatic rings. The molecule has 1 aliphatic rings. The van der Waals surface area contributed by atoms with Crippen LogP contribution in [-0.4, -0.2) is 16.8 Å². The number of rotatable bonds is 5. The number of aromatic nitrogens is 2. The zero-order valence-corrected chi connectivity index (χ0v) is 14.3. The summed E-state index contributed by atoms with van der Waals surface area (Å²) in [4.78, 5) is 8.48. The Hall–Kier alpha value is -3.48. The standard InChI is InChI=1S/C19H19N5O2/c1-12-3-2-4-14(7-12)24-19-17(20)18(22-10-23-19)21-9-13-5-6-15-16(8-13)26-11-25-15/h2-8,10H,9,11,20H2,1H3,(H2,21,22,23,24). The highest BCUT2D eigenvalue weighted by Gasteiger charge is 2.14. The molecule has 0 fully saturated rings. The van der Waals surface area contributed by atoms with Crippen molar-refractivity contribution in [2.45, 2.75) is 13.5 Å². The summed E-state index contributed by atoms with van der Waals surface area (Å²) in [6, 6.07) is 13.8. The fourth-order valence-electron chi connectivity index (χ4n) is 2.73. The third-order valence-electron chi connectivity index (χ3n) is 4.06. The van der Waals surface area contributed by atoms with E-state index in [0.717, 1.165) is 28.3 Å². The fraction of sp³-hybridized carbons (Fsp3) is 0.158. The maximum absolute atomic E-state index is 6.23. The van der Waals surface area contributed by atoms with Gasteiger partial charge in [0.2, 0.25) is 6.79 Å². The van der Waals surface area contributed by atoms with Gasteiger partial charge in [0.15, 0.2) is 23.1 Å². The first-order chi connectivity index (χ1) is 12.7. The van der Waals surface area contributed by atoms with Gasteiger partial charge in [0.25, 0.3) is 0 Å². The first-order valence-electron chi connectivity index (χ1n) is 8.25. The second-order valence-corrected chi connectivity index (χ2v) is 6.02. The van der Waals surface area contributed by atoms with Crippen molar-refractivity contribution in [2.24, 2.45) is 0 Å². The van der Waals surface area contributed by atoms with Crippen LogP contribution in [0.1, 0.15) is 11.1 Å². The van der Waals surface area contributed by atoms with Crippen molar-refractivity contribution in [1.29, 1.82) is 0 Å². The van der Waals surface area contributed by atoms with Gasteiger partial charge in [-0.05, 0) is 42.3 Å². The Morgan fingerprint density at radius 3 is 2.77 bits per heavy atom.